The Morgan fingerprint density at radius 1 is 1.50 bits per heavy atom. The first-order valence-electron chi connectivity index (χ1n) is 5.42. The van der Waals surface area contributed by atoms with Gasteiger partial charge in [0.15, 0.2) is 0 Å². The second kappa shape index (κ2) is 4.99. The van der Waals surface area contributed by atoms with E-state index in [-0.39, 0.29) is 6.04 Å². The molecule has 16 heavy (non-hydrogen) atoms. The Kier molecular flexibility index (Phi) is 3.41. The van der Waals surface area contributed by atoms with Crippen molar-refractivity contribution in [1.82, 2.24) is 4.98 Å². The van der Waals surface area contributed by atoms with Crippen LogP contribution in [0.2, 0.25) is 0 Å². The molecule has 2 aromatic heterocycles. The number of rotatable bonds is 5. The molecule has 4 heteroatoms. The molecule has 0 bridgehead atoms. The van der Waals surface area contributed by atoms with E-state index in [1.54, 1.807) is 19.6 Å². The van der Waals surface area contributed by atoms with Crippen LogP contribution in [0.1, 0.15) is 13.3 Å². The first-order chi connectivity index (χ1) is 7.85. The first kappa shape index (κ1) is 11.0. The van der Waals surface area contributed by atoms with Crippen molar-refractivity contribution in [2.45, 2.75) is 19.4 Å². The van der Waals surface area contributed by atoms with E-state index < -0.39 is 0 Å². The van der Waals surface area contributed by atoms with E-state index in [2.05, 4.69) is 17.2 Å². The van der Waals surface area contributed by atoms with Gasteiger partial charge in [-0.15, -0.1) is 0 Å². The van der Waals surface area contributed by atoms with E-state index in [9.17, 15) is 0 Å². The summed E-state index contributed by atoms with van der Waals surface area (Å²) in [6, 6.07) is 4.06. The average Bonchev–Trinajstić information content (AvgIpc) is 2.77. The maximum Gasteiger partial charge on any atom is 0.139 e. The molecule has 0 amide bonds. The fourth-order valence-electron chi connectivity index (χ4n) is 1.67. The van der Waals surface area contributed by atoms with Gasteiger partial charge in [0.1, 0.15) is 11.4 Å². The number of hydrogen-bond donors (Lipinski definition) is 1. The monoisotopic (exact) mass is 220 g/mol. The van der Waals surface area contributed by atoms with E-state index in [4.69, 9.17) is 9.15 Å². The molecule has 1 N–H and O–H groups in total. The van der Waals surface area contributed by atoms with Gasteiger partial charge in [0, 0.05) is 13.3 Å². The molecule has 0 aliphatic carbocycles. The predicted molar refractivity (Wildman–Crippen MR) is 63.6 cm³/mol. The number of methoxy groups -OCH3 is 1. The summed E-state index contributed by atoms with van der Waals surface area (Å²) in [6.45, 7) is 2.79. The lowest BCUT2D eigenvalue weighted by Gasteiger charge is -2.16. The minimum Gasteiger partial charge on any atom is -0.464 e. The van der Waals surface area contributed by atoms with Crippen LogP contribution in [0.25, 0.3) is 11.0 Å². The van der Waals surface area contributed by atoms with Gasteiger partial charge >= 0.3 is 0 Å². The zero-order valence-electron chi connectivity index (χ0n) is 9.56. The molecule has 0 fully saturated rings. The lowest BCUT2D eigenvalue weighted by atomic mass is 10.2. The van der Waals surface area contributed by atoms with Crippen molar-refractivity contribution in [3.8, 4) is 0 Å². The second-order valence-corrected chi connectivity index (χ2v) is 3.70. The first-order valence-corrected chi connectivity index (χ1v) is 5.42. The molecule has 4 nitrogen and oxygen atoms in total. The highest BCUT2D eigenvalue weighted by Crippen LogP contribution is 2.22. The highest BCUT2D eigenvalue weighted by atomic mass is 16.5. The average molecular weight is 220 g/mol. The number of aromatic nitrogens is 1. The van der Waals surface area contributed by atoms with Crippen LogP contribution in [0.15, 0.2) is 29.0 Å². The fourth-order valence-corrected chi connectivity index (χ4v) is 1.67. The lowest BCUT2D eigenvalue weighted by Crippen LogP contribution is -2.24. The van der Waals surface area contributed by atoms with Crippen LogP contribution in [0.3, 0.4) is 0 Å². The Balaban J connectivity index is 2.22. The minimum absolute atomic E-state index is 0.276. The van der Waals surface area contributed by atoms with Crippen molar-refractivity contribution in [3.63, 3.8) is 0 Å². The van der Waals surface area contributed by atoms with Gasteiger partial charge in [-0.3, -0.25) is 0 Å². The molecule has 0 radical (unpaired) electrons. The summed E-state index contributed by atoms with van der Waals surface area (Å²) in [5.74, 6) is 0.857. The van der Waals surface area contributed by atoms with Gasteiger partial charge in [-0.25, -0.2) is 4.98 Å². The van der Waals surface area contributed by atoms with Gasteiger partial charge in [-0.2, -0.15) is 0 Å². The number of nitrogens with one attached hydrogen (secondary N) is 1. The summed E-state index contributed by atoms with van der Waals surface area (Å²) in [6.07, 6.45) is 4.41. The molecule has 0 saturated heterocycles. The topological polar surface area (TPSA) is 47.3 Å². The van der Waals surface area contributed by atoms with Crippen LogP contribution in [-0.4, -0.2) is 24.7 Å². The number of pyridine rings is 1. The second-order valence-electron chi connectivity index (χ2n) is 3.70. The predicted octanol–water partition coefficient (Wildman–Crippen LogP) is 2.66. The smallest absolute Gasteiger partial charge is 0.139 e. The number of fused-ring (bicyclic) bond motifs is 1. The molecule has 0 aliphatic rings. The molecule has 0 spiro atoms. The Bertz CT molecular complexity index is 453. The van der Waals surface area contributed by atoms with E-state index in [1.165, 1.54) is 0 Å². The molecule has 0 aliphatic heterocycles. The van der Waals surface area contributed by atoms with E-state index in [1.807, 2.05) is 12.1 Å². The number of nitrogens with zero attached hydrogens (tertiary/aromatic N) is 1. The summed E-state index contributed by atoms with van der Waals surface area (Å²) >= 11 is 0. The third kappa shape index (κ3) is 2.17. The summed E-state index contributed by atoms with van der Waals surface area (Å²) < 4.78 is 10.5. The van der Waals surface area contributed by atoms with Crippen LogP contribution in [0.4, 0.5) is 5.82 Å². The zero-order valence-corrected chi connectivity index (χ0v) is 9.56. The molecule has 0 aromatic carbocycles. The van der Waals surface area contributed by atoms with E-state index in [0.29, 0.717) is 6.61 Å². The van der Waals surface area contributed by atoms with Crippen molar-refractivity contribution >= 4 is 16.8 Å². The third-order valence-electron chi connectivity index (χ3n) is 2.58. The summed E-state index contributed by atoms with van der Waals surface area (Å²) in [4.78, 5) is 4.32. The van der Waals surface area contributed by atoms with Crippen molar-refractivity contribution < 1.29 is 9.15 Å². The lowest BCUT2D eigenvalue weighted by molar-refractivity contribution is 0.184. The summed E-state index contributed by atoms with van der Waals surface area (Å²) in [5, 5.41) is 4.37. The number of anilines is 1. The van der Waals surface area contributed by atoms with Crippen molar-refractivity contribution in [3.05, 3.63) is 24.6 Å². The van der Waals surface area contributed by atoms with Gasteiger partial charge in [-0.1, -0.05) is 6.92 Å². The van der Waals surface area contributed by atoms with Crippen molar-refractivity contribution in [2.24, 2.45) is 0 Å². The van der Waals surface area contributed by atoms with Crippen LogP contribution in [0, 0.1) is 0 Å². The highest BCUT2D eigenvalue weighted by molar-refractivity contribution is 5.87. The van der Waals surface area contributed by atoms with Crippen LogP contribution in [0.5, 0.6) is 0 Å². The van der Waals surface area contributed by atoms with E-state index >= 15 is 0 Å². The maximum absolute atomic E-state index is 5.32. The molecule has 1 unspecified atom stereocenters. The Morgan fingerprint density at radius 2 is 2.38 bits per heavy atom. The minimum atomic E-state index is 0.276. The third-order valence-corrected chi connectivity index (χ3v) is 2.58. The fraction of sp³-hybridized carbons (Fsp3) is 0.417. The maximum atomic E-state index is 5.32. The SMILES string of the molecule is CCC(COC)Nc1nccc2occc12. The normalized spacial score (nSPS) is 12.9. The van der Waals surface area contributed by atoms with Crippen molar-refractivity contribution in [2.75, 3.05) is 19.0 Å². The van der Waals surface area contributed by atoms with Gasteiger partial charge < -0.3 is 14.5 Å². The molecule has 2 aromatic rings. The van der Waals surface area contributed by atoms with Crippen molar-refractivity contribution in [1.29, 1.82) is 0 Å². The number of furan rings is 1. The molecular formula is C12H16N2O2. The quantitative estimate of drug-likeness (QED) is 0.841. The Morgan fingerprint density at radius 3 is 3.12 bits per heavy atom. The van der Waals surface area contributed by atoms with E-state index in [0.717, 1.165) is 23.2 Å². The largest absolute Gasteiger partial charge is 0.464 e. The van der Waals surface area contributed by atoms with Gasteiger partial charge in [0.05, 0.1) is 24.3 Å². The zero-order chi connectivity index (χ0) is 11.4. The number of ether oxygens (including phenoxy) is 1. The molecular weight excluding hydrogens is 204 g/mol. The van der Waals surface area contributed by atoms with Gasteiger partial charge in [0.2, 0.25) is 0 Å². The Hall–Kier alpha value is -1.55. The standard InChI is InChI=1S/C12H16N2O2/c1-3-9(8-15-2)14-12-10-5-7-16-11(10)4-6-13-12/h4-7,9H,3,8H2,1-2H3,(H,13,14). The summed E-state index contributed by atoms with van der Waals surface area (Å²) in [5.41, 5.74) is 0.852. The molecule has 2 heterocycles. The molecule has 86 valence electrons. The van der Waals surface area contributed by atoms with Crippen LogP contribution < -0.4 is 5.32 Å². The van der Waals surface area contributed by atoms with Crippen LogP contribution in [-0.2, 0) is 4.74 Å². The van der Waals surface area contributed by atoms with Gasteiger partial charge in [-0.05, 0) is 18.6 Å². The van der Waals surface area contributed by atoms with Crippen LogP contribution >= 0.6 is 0 Å². The molecule has 2 rings (SSSR count). The highest BCUT2D eigenvalue weighted by Gasteiger charge is 2.09. The van der Waals surface area contributed by atoms with Gasteiger partial charge in [0.25, 0.3) is 0 Å². The molecule has 0 saturated carbocycles. The Labute approximate surface area is 94.6 Å². The summed E-state index contributed by atoms with van der Waals surface area (Å²) in [7, 11) is 1.70. The number of hydrogen-bond acceptors (Lipinski definition) is 4. The molecule has 1 atom stereocenters.